The Kier molecular flexibility index (Phi) is 6.75. The zero-order valence-corrected chi connectivity index (χ0v) is 16.5. The summed E-state index contributed by atoms with van der Waals surface area (Å²) in [5.74, 6) is 0.0396. The van der Waals surface area contributed by atoms with Crippen molar-refractivity contribution in [2.75, 3.05) is 19.6 Å². The number of carbonyl (C=O) groups excluding carboxylic acids is 1. The van der Waals surface area contributed by atoms with E-state index in [2.05, 4.69) is 48.3 Å². The first-order valence-electron chi connectivity index (χ1n) is 9.46. The standard InChI is InChI=1S/C22H28N2OS/c1-17(2)26-21-11-6-5-10-20(21)22(25)23-13-7-14-24-15-12-18-8-3-4-9-19(18)16-24/h3-6,8-11,17H,7,12-16H2,1-2H3,(H,23,25). The average molecular weight is 369 g/mol. The zero-order chi connectivity index (χ0) is 18.4. The summed E-state index contributed by atoms with van der Waals surface area (Å²) in [6, 6.07) is 16.6. The molecule has 1 N–H and O–H groups in total. The van der Waals surface area contributed by atoms with Crippen LogP contribution in [0.2, 0.25) is 0 Å². The normalized spacial score (nSPS) is 14.3. The van der Waals surface area contributed by atoms with Crippen LogP contribution in [0.1, 0.15) is 41.8 Å². The minimum atomic E-state index is 0.0396. The fraction of sp³-hybridized carbons (Fsp3) is 0.409. The molecule has 0 atom stereocenters. The first-order chi connectivity index (χ1) is 12.6. The van der Waals surface area contributed by atoms with E-state index >= 15 is 0 Å². The third-order valence-electron chi connectivity index (χ3n) is 4.64. The quantitative estimate of drug-likeness (QED) is 0.582. The molecule has 0 saturated carbocycles. The Balaban J connectivity index is 1.45. The predicted octanol–water partition coefficient (Wildman–Crippen LogP) is 4.37. The van der Waals surface area contributed by atoms with Gasteiger partial charge in [-0.2, -0.15) is 0 Å². The second-order valence-corrected chi connectivity index (χ2v) is 8.69. The number of nitrogens with one attached hydrogen (secondary N) is 1. The highest BCUT2D eigenvalue weighted by Gasteiger charge is 2.15. The molecule has 1 aliphatic rings. The van der Waals surface area contributed by atoms with Crippen LogP contribution in [0.5, 0.6) is 0 Å². The number of thioether (sulfide) groups is 1. The Morgan fingerprint density at radius 2 is 1.85 bits per heavy atom. The minimum absolute atomic E-state index is 0.0396. The molecular formula is C22H28N2OS. The molecule has 1 amide bonds. The van der Waals surface area contributed by atoms with Crippen molar-refractivity contribution in [3.05, 3.63) is 65.2 Å². The zero-order valence-electron chi connectivity index (χ0n) is 15.7. The predicted molar refractivity (Wildman–Crippen MR) is 110 cm³/mol. The maximum absolute atomic E-state index is 12.5. The fourth-order valence-electron chi connectivity index (χ4n) is 3.36. The lowest BCUT2D eigenvalue weighted by atomic mass is 10.00. The van der Waals surface area contributed by atoms with Gasteiger partial charge in [0.2, 0.25) is 0 Å². The monoisotopic (exact) mass is 368 g/mol. The molecule has 138 valence electrons. The molecule has 4 heteroatoms. The Morgan fingerprint density at radius 1 is 1.12 bits per heavy atom. The second kappa shape index (κ2) is 9.24. The van der Waals surface area contributed by atoms with Crippen LogP contribution in [0, 0.1) is 0 Å². The molecule has 0 aliphatic carbocycles. The molecule has 0 saturated heterocycles. The molecule has 0 spiro atoms. The summed E-state index contributed by atoms with van der Waals surface area (Å²) in [4.78, 5) is 16.1. The average Bonchev–Trinajstić information content (AvgIpc) is 2.65. The number of carbonyl (C=O) groups is 1. The van der Waals surface area contributed by atoms with Crippen molar-refractivity contribution in [2.24, 2.45) is 0 Å². The lowest BCUT2D eigenvalue weighted by molar-refractivity contribution is 0.0948. The molecule has 3 nitrogen and oxygen atoms in total. The molecule has 1 aliphatic heterocycles. The van der Waals surface area contributed by atoms with Crippen molar-refractivity contribution in [1.82, 2.24) is 10.2 Å². The van der Waals surface area contributed by atoms with E-state index in [1.807, 2.05) is 24.3 Å². The lowest BCUT2D eigenvalue weighted by Crippen LogP contribution is -2.33. The molecule has 0 fully saturated rings. The third kappa shape index (κ3) is 5.12. The number of hydrogen-bond acceptors (Lipinski definition) is 3. The first kappa shape index (κ1) is 19.0. The topological polar surface area (TPSA) is 32.3 Å². The van der Waals surface area contributed by atoms with Crippen molar-refractivity contribution in [1.29, 1.82) is 0 Å². The van der Waals surface area contributed by atoms with Crippen molar-refractivity contribution < 1.29 is 4.79 Å². The molecule has 2 aromatic carbocycles. The molecule has 26 heavy (non-hydrogen) atoms. The van der Waals surface area contributed by atoms with Gasteiger partial charge in [0.1, 0.15) is 0 Å². The van der Waals surface area contributed by atoms with Gasteiger partial charge in [0.05, 0.1) is 5.56 Å². The van der Waals surface area contributed by atoms with Gasteiger partial charge in [-0.05, 0) is 36.1 Å². The number of hydrogen-bond donors (Lipinski definition) is 1. The number of amides is 1. The molecule has 0 radical (unpaired) electrons. The first-order valence-corrected chi connectivity index (χ1v) is 10.3. The molecular weight excluding hydrogens is 340 g/mol. The maximum atomic E-state index is 12.5. The van der Waals surface area contributed by atoms with Gasteiger partial charge >= 0.3 is 0 Å². The summed E-state index contributed by atoms with van der Waals surface area (Å²) >= 11 is 1.74. The van der Waals surface area contributed by atoms with Gasteiger partial charge in [0.15, 0.2) is 0 Å². The summed E-state index contributed by atoms with van der Waals surface area (Å²) in [5, 5.41) is 3.56. The number of nitrogens with zero attached hydrogens (tertiary/aromatic N) is 1. The van der Waals surface area contributed by atoms with E-state index in [4.69, 9.17) is 0 Å². The highest BCUT2D eigenvalue weighted by molar-refractivity contribution is 8.00. The van der Waals surface area contributed by atoms with Crippen LogP contribution >= 0.6 is 11.8 Å². The Bertz CT molecular complexity index is 744. The highest BCUT2D eigenvalue weighted by Crippen LogP contribution is 2.26. The van der Waals surface area contributed by atoms with Crippen LogP contribution in [0.3, 0.4) is 0 Å². The van der Waals surface area contributed by atoms with E-state index < -0.39 is 0 Å². The fourth-order valence-corrected chi connectivity index (χ4v) is 4.31. The third-order valence-corrected chi connectivity index (χ3v) is 5.72. The molecule has 3 rings (SSSR count). The van der Waals surface area contributed by atoms with E-state index in [9.17, 15) is 4.79 Å². The van der Waals surface area contributed by atoms with Crippen molar-refractivity contribution in [2.45, 2.75) is 43.4 Å². The van der Waals surface area contributed by atoms with Gasteiger partial charge in [-0.3, -0.25) is 9.69 Å². The number of benzene rings is 2. The minimum Gasteiger partial charge on any atom is -0.352 e. The van der Waals surface area contributed by atoms with E-state index in [1.165, 1.54) is 11.1 Å². The van der Waals surface area contributed by atoms with Crippen molar-refractivity contribution in [3.63, 3.8) is 0 Å². The summed E-state index contributed by atoms with van der Waals surface area (Å²) in [7, 11) is 0. The summed E-state index contributed by atoms with van der Waals surface area (Å²) in [6.45, 7) is 8.18. The van der Waals surface area contributed by atoms with Gasteiger partial charge < -0.3 is 5.32 Å². The second-order valence-electron chi connectivity index (χ2n) is 7.07. The summed E-state index contributed by atoms with van der Waals surface area (Å²) < 4.78 is 0. The van der Waals surface area contributed by atoms with Crippen LogP contribution in [0.4, 0.5) is 0 Å². The summed E-state index contributed by atoms with van der Waals surface area (Å²) in [6.07, 6.45) is 2.11. The van der Waals surface area contributed by atoms with Crippen LogP contribution in [-0.2, 0) is 13.0 Å². The lowest BCUT2D eigenvalue weighted by Gasteiger charge is -2.28. The number of rotatable bonds is 7. The van der Waals surface area contributed by atoms with Gasteiger partial charge in [-0.25, -0.2) is 0 Å². The Morgan fingerprint density at radius 3 is 2.65 bits per heavy atom. The largest absolute Gasteiger partial charge is 0.352 e. The highest BCUT2D eigenvalue weighted by atomic mass is 32.2. The smallest absolute Gasteiger partial charge is 0.252 e. The van der Waals surface area contributed by atoms with Gasteiger partial charge in [0.25, 0.3) is 5.91 Å². The maximum Gasteiger partial charge on any atom is 0.252 e. The molecule has 0 bridgehead atoms. The van der Waals surface area contributed by atoms with Gasteiger partial charge in [-0.1, -0.05) is 50.2 Å². The molecule has 0 aromatic heterocycles. The summed E-state index contributed by atoms with van der Waals surface area (Å²) in [5.41, 5.74) is 3.72. The van der Waals surface area contributed by atoms with Crippen molar-refractivity contribution >= 4 is 17.7 Å². The molecule has 2 aromatic rings. The van der Waals surface area contributed by atoms with Crippen LogP contribution in [0.25, 0.3) is 0 Å². The van der Waals surface area contributed by atoms with Gasteiger partial charge in [-0.15, -0.1) is 11.8 Å². The van der Waals surface area contributed by atoms with Crippen molar-refractivity contribution in [3.8, 4) is 0 Å². The van der Waals surface area contributed by atoms with E-state index in [1.54, 1.807) is 11.8 Å². The van der Waals surface area contributed by atoms with Crippen LogP contribution < -0.4 is 5.32 Å². The van der Waals surface area contributed by atoms with E-state index in [0.717, 1.165) is 49.5 Å². The number of fused-ring (bicyclic) bond motifs is 1. The molecule has 1 heterocycles. The molecule has 0 unspecified atom stereocenters. The Labute approximate surface area is 161 Å². The SMILES string of the molecule is CC(C)Sc1ccccc1C(=O)NCCCN1CCc2ccccc2C1. The van der Waals surface area contributed by atoms with E-state index in [-0.39, 0.29) is 5.91 Å². The van der Waals surface area contributed by atoms with Gasteiger partial charge in [0, 0.05) is 36.3 Å². The van der Waals surface area contributed by atoms with E-state index in [0.29, 0.717) is 5.25 Å². The Hall–Kier alpha value is -1.78. The van der Waals surface area contributed by atoms with Crippen LogP contribution in [0.15, 0.2) is 53.4 Å². The van der Waals surface area contributed by atoms with Crippen LogP contribution in [-0.4, -0.2) is 35.7 Å².